The van der Waals surface area contributed by atoms with Crippen LogP contribution in [0.5, 0.6) is 0 Å². The lowest BCUT2D eigenvalue weighted by Crippen LogP contribution is -2.29. The number of aliphatic hydroxyl groups excluding tert-OH is 3. The molecule has 13 heteroatoms. The molecule has 0 heterocycles. The molecule has 0 saturated heterocycles. The van der Waals surface area contributed by atoms with Crippen molar-refractivity contribution in [2.75, 3.05) is 26.4 Å². The van der Waals surface area contributed by atoms with Gasteiger partial charge in [0.25, 0.3) is 0 Å². The quantitative estimate of drug-likeness (QED) is 0.0177. The first-order chi connectivity index (χ1) is 28.0. The third-order valence-corrected chi connectivity index (χ3v) is 10.7. The lowest BCUT2D eigenvalue weighted by atomic mass is 9.89. The Morgan fingerprint density at radius 1 is 0.759 bits per heavy atom. The summed E-state index contributed by atoms with van der Waals surface area (Å²) in [5, 5.41) is 31.3. The van der Waals surface area contributed by atoms with Crippen LogP contribution in [-0.2, 0) is 32.7 Å². The average Bonchev–Trinajstić information content (AvgIpc) is 3.47. The molecule has 332 valence electrons. The molecule has 0 radical (unpaired) electrons. The molecule has 0 amide bonds. The van der Waals surface area contributed by atoms with E-state index in [0.717, 1.165) is 57.8 Å². The SMILES string of the molecule is CCCCC/C=C\C/C=C\C/C=C\C/C=C\CCCCCC(=O)O[C@H](COC(=O)C/C=C\C[C@H]1[C@@H](/C=C/[C@H](O)CCCCC)[C@H](O)C[C@@H]1O)COP(=O)(O)OCCN. The highest BCUT2D eigenvalue weighted by Crippen LogP contribution is 2.43. The Balaban J connectivity index is 2.47. The molecule has 0 aromatic rings. The molecule has 12 nitrogen and oxygen atoms in total. The number of phosphoric ester groups is 1. The van der Waals surface area contributed by atoms with Crippen LogP contribution >= 0.6 is 7.82 Å². The maximum absolute atomic E-state index is 12.6. The molecule has 58 heavy (non-hydrogen) atoms. The predicted molar refractivity (Wildman–Crippen MR) is 231 cm³/mol. The molecule has 0 spiro atoms. The normalized spacial score (nSPS) is 21.0. The van der Waals surface area contributed by atoms with Gasteiger partial charge in [0.2, 0.25) is 0 Å². The number of rotatable bonds is 35. The van der Waals surface area contributed by atoms with E-state index in [1.54, 1.807) is 24.3 Å². The number of unbranched alkanes of at least 4 members (excludes halogenated alkanes) is 8. The first-order valence-corrected chi connectivity index (χ1v) is 23.2. The van der Waals surface area contributed by atoms with Gasteiger partial charge in [0.05, 0.1) is 37.9 Å². The molecule has 6 N–H and O–H groups in total. The second-order valence-electron chi connectivity index (χ2n) is 14.8. The first-order valence-electron chi connectivity index (χ1n) is 21.7. The van der Waals surface area contributed by atoms with Gasteiger partial charge in [-0.3, -0.25) is 18.6 Å². The molecular formula is C45H76NO11P. The zero-order valence-electron chi connectivity index (χ0n) is 35.3. The average molecular weight is 838 g/mol. The summed E-state index contributed by atoms with van der Waals surface area (Å²) < 4.78 is 32.7. The van der Waals surface area contributed by atoms with E-state index in [-0.39, 0.29) is 44.2 Å². The standard InChI is InChI=1S/C45H76NO11P/c1-3-5-7-8-9-10-11-12-13-14-15-16-17-18-19-20-21-22-24-30-45(51)57-39(37-56-58(52,53)55-34-33-46)36-54-44(50)29-26-25-28-40-41(43(49)35-42(40)48)32-31-38(47)27-23-6-4-2/h9-10,12-13,15-16,18-19,25-26,31-32,38-43,47-49H,3-8,11,14,17,20-24,27-30,33-37,46H2,1-2H3,(H,52,53)/b10-9-,13-12-,16-15-,19-18-,26-25-,32-31+/t38-,39-,40+,41-,42+,43-/m1/s1. The van der Waals surface area contributed by atoms with Gasteiger partial charge in [-0.1, -0.05) is 125 Å². The van der Waals surface area contributed by atoms with Gasteiger partial charge in [-0.15, -0.1) is 0 Å². The molecule has 1 saturated carbocycles. The topological polar surface area (TPSA) is 195 Å². The number of carbonyl (C=O) groups is 2. The lowest BCUT2D eigenvalue weighted by Gasteiger charge is -2.20. The minimum atomic E-state index is -4.47. The van der Waals surface area contributed by atoms with Crippen molar-refractivity contribution in [3.8, 4) is 0 Å². The molecule has 0 aromatic carbocycles. The minimum absolute atomic E-state index is 0.000233. The Hall–Kier alpha value is -2.67. The van der Waals surface area contributed by atoms with Gasteiger partial charge in [-0.25, -0.2) is 4.57 Å². The highest BCUT2D eigenvalue weighted by Gasteiger charge is 2.39. The lowest BCUT2D eigenvalue weighted by molar-refractivity contribution is -0.160. The summed E-state index contributed by atoms with van der Waals surface area (Å²) in [6, 6.07) is 0. The van der Waals surface area contributed by atoms with Crippen LogP contribution in [0.2, 0.25) is 0 Å². The third-order valence-electron chi connectivity index (χ3n) is 9.67. The summed E-state index contributed by atoms with van der Waals surface area (Å²) in [5.74, 6) is -1.78. The molecule has 1 aliphatic carbocycles. The van der Waals surface area contributed by atoms with Gasteiger partial charge in [0, 0.05) is 25.3 Å². The Morgan fingerprint density at radius 2 is 1.38 bits per heavy atom. The van der Waals surface area contributed by atoms with Gasteiger partial charge in [-0.05, 0) is 70.1 Å². The second kappa shape index (κ2) is 35.1. The van der Waals surface area contributed by atoms with Crippen LogP contribution in [0.25, 0.3) is 0 Å². The minimum Gasteiger partial charge on any atom is -0.461 e. The van der Waals surface area contributed by atoms with Gasteiger partial charge in [-0.2, -0.15) is 0 Å². The predicted octanol–water partition coefficient (Wildman–Crippen LogP) is 8.65. The number of hydrogen-bond acceptors (Lipinski definition) is 11. The van der Waals surface area contributed by atoms with Crippen LogP contribution < -0.4 is 5.73 Å². The van der Waals surface area contributed by atoms with E-state index >= 15 is 0 Å². The maximum Gasteiger partial charge on any atom is 0.472 e. The van der Waals surface area contributed by atoms with Crippen molar-refractivity contribution in [2.45, 2.75) is 160 Å². The molecule has 1 unspecified atom stereocenters. The van der Waals surface area contributed by atoms with E-state index in [2.05, 4.69) is 62.5 Å². The van der Waals surface area contributed by atoms with Crippen molar-refractivity contribution in [1.82, 2.24) is 0 Å². The molecule has 1 fully saturated rings. The number of nitrogens with two attached hydrogens (primary N) is 1. The molecule has 0 aromatic heterocycles. The summed E-state index contributed by atoms with van der Waals surface area (Å²) in [5.41, 5.74) is 5.34. The van der Waals surface area contributed by atoms with Crippen molar-refractivity contribution in [2.24, 2.45) is 17.6 Å². The Bertz CT molecular complexity index is 1300. The van der Waals surface area contributed by atoms with Crippen molar-refractivity contribution < 1.29 is 52.9 Å². The number of allylic oxidation sites excluding steroid dienone is 9. The fourth-order valence-corrected chi connectivity index (χ4v) is 7.12. The van der Waals surface area contributed by atoms with Crippen LogP contribution in [0.3, 0.4) is 0 Å². The van der Waals surface area contributed by atoms with Crippen LogP contribution in [0.15, 0.2) is 72.9 Å². The largest absolute Gasteiger partial charge is 0.472 e. The van der Waals surface area contributed by atoms with Crippen molar-refractivity contribution >= 4 is 19.8 Å². The smallest absolute Gasteiger partial charge is 0.461 e. The number of aliphatic hydroxyl groups is 3. The van der Waals surface area contributed by atoms with Gasteiger partial charge >= 0.3 is 19.8 Å². The Labute approximate surface area is 348 Å². The highest BCUT2D eigenvalue weighted by molar-refractivity contribution is 7.47. The van der Waals surface area contributed by atoms with Crippen LogP contribution in [0.4, 0.5) is 0 Å². The van der Waals surface area contributed by atoms with E-state index in [1.807, 2.05) is 0 Å². The van der Waals surface area contributed by atoms with Crippen molar-refractivity contribution in [3.05, 3.63) is 72.9 Å². The summed E-state index contributed by atoms with van der Waals surface area (Å²) >= 11 is 0. The highest BCUT2D eigenvalue weighted by atomic mass is 31.2. The number of esters is 2. The van der Waals surface area contributed by atoms with Gasteiger partial charge < -0.3 is 35.4 Å². The molecular weight excluding hydrogens is 761 g/mol. The molecule has 1 rings (SSSR count). The number of ether oxygens (including phenoxy) is 2. The van der Waals surface area contributed by atoms with Crippen molar-refractivity contribution in [3.63, 3.8) is 0 Å². The monoisotopic (exact) mass is 838 g/mol. The third kappa shape index (κ3) is 28.7. The summed E-state index contributed by atoms with van der Waals surface area (Å²) in [4.78, 5) is 35.1. The molecule has 7 atom stereocenters. The van der Waals surface area contributed by atoms with E-state index in [0.29, 0.717) is 19.3 Å². The van der Waals surface area contributed by atoms with Crippen molar-refractivity contribution in [1.29, 1.82) is 0 Å². The van der Waals surface area contributed by atoms with E-state index in [1.165, 1.54) is 25.7 Å². The van der Waals surface area contributed by atoms with Gasteiger partial charge in [0.1, 0.15) is 6.61 Å². The second-order valence-corrected chi connectivity index (χ2v) is 16.3. The van der Waals surface area contributed by atoms with Crippen LogP contribution in [0.1, 0.15) is 136 Å². The zero-order valence-corrected chi connectivity index (χ0v) is 36.2. The molecule has 0 bridgehead atoms. The van der Waals surface area contributed by atoms with E-state index in [4.69, 9.17) is 24.3 Å². The number of phosphoric acid groups is 1. The maximum atomic E-state index is 12.6. The van der Waals surface area contributed by atoms with E-state index in [9.17, 15) is 34.4 Å². The Morgan fingerprint density at radius 3 is 2.02 bits per heavy atom. The zero-order chi connectivity index (χ0) is 42.7. The first kappa shape index (κ1) is 53.3. The summed E-state index contributed by atoms with van der Waals surface area (Å²) in [7, 11) is -4.47. The van der Waals surface area contributed by atoms with Gasteiger partial charge in [0.15, 0.2) is 6.10 Å². The van der Waals surface area contributed by atoms with Crippen LogP contribution in [0, 0.1) is 11.8 Å². The van der Waals surface area contributed by atoms with E-state index < -0.39 is 57.4 Å². The number of carbonyl (C=O) groups excluding carboxylic acids is 2. The van der Waals surface area contributed by atoms with Crippen LogP contribution in [-0.4, -0.2) is 82.9 Å². The summed E-state index contributed by atoms with van der Waals surface area (Å²) in [6.45, 7) is 3.16. The summed E-state index contributed by atoms with van der Waals surface area (Å²) in [6.07, 6.45) is 36.3. The fraction of sp³-hybridized carbons (Fsp3) is 0.689. The molecule has 0 aliphatic heterocycles. The fourth-order valence-electron chi connectivity index (χ4n) is 6.35. The number of hydrogen-bond donors (Lipinski definition) is 5. The Kier molecular flexibility index (Phi) is 32.3. The molecule has 1 aliphatic rings.